The van der Waals surface area contributed by atoms with Crippen molar-refractivity contribution in [3.8, 4) is 11.1 Å². The van der Waals surface area contributed by atoms with E-state index in [1.165, 1.54) is 12.8 Å². The number of nitrogens with zero attached hydrogens (tertiary/aromatic N) is 4. The van der Waals surface area contributed by atoms with Crippen LogP contribution in [0.15, 0.2) is 66.6 Å². The van der Waals surface area contributed by atoms with Crippen LogP contribution in [0, 0.1) is 0 Å². The van der Waals surface area contributed by atoms with Crippen LogP contribution in [0.5, 0.6) is 0 Å². The van der Waals surface area contributed by atoms with Crippen molar-refractivity contribution in [1.82, 2.24) is 25.0 Å². The Morgan fingerprint density at radius 1 is 1.19 bits per heavy atom. The Balaban J connectivity index is 1.50. The third-order valence-corrected chi connectivity index (χ3v) is 7.85. The molecule has 1 aromatic carbocycles. The highest BCUT2D eigenvalue weighted by Gasteiger charge is 2.18. The van der Waals surface area contributed by atoms with Crippen molar-refractivity contribution in [2.75, 3.05) is 20.1 Å². The molecule has 0 saturated carbocycles. The van der Waals surface area contributed by atoms with Crippen molar-refractivity contribution in [2.45, 2.75) is 36.6 Å². The molecule has 0 atom stereocenters. The van der Waals surface area contributed by atoms with Gasteiger partial charge in [-0.15, -0.1) is 11.8 Å². The molecule has 2 aromatic heterocycles. The first-order valence-electron chi connectivity index (χ1n) is 12.2. The quantitative estimate of drug-likeness (QED) is 0.408. The number of hydrogen-bond acceptors (Lipinski definition) is 6. The average Bonchev–Trinajstić information content (AvgIpc) is 3.25. The first-order chi connectivity index (χ1) is 17.4. The molecule has 2 N–H and O–H groups in total. The molecule has 0 unspecified atom stereocenters. The fourth-order valence-electron chi connectivity index (χ4n) is 4.46. The summed E-state index contributed by atoms with van der Waals surface area (Å²) in [5.74, 6) is 0. The Kier molecular flexibility index (Phi) is 8.46. The van der Waals surface area contributed by atoms with Gasteiger partial charge in [-0.1, -0.05) is 31.4 Å². The largest absolute Gasteiger partial charge is 0.390 e. The van der Waals surface area contributed by atoms with Gasteiger partial charge in [0, 0.05) is 41.0 Å². The van der Waals surface area contributed by atoms with Gasteiger partial charge in [0.25, 0.3) is 0 Å². The Bertz CT molecular complexity index is 1270. The van der Waals surface area contributed by atoms with Crippen LogP contribution < -0.4 is 5.32 Å². The lowest BCUT2D eigenvalue weighted by Crippen LogP contribution is -2.31. The van der Waals surface area contributed by atoms with E-state index in [2.05, 4.69) is 58.7 Å². The van der Waals surface area contributed by atoms with Gasteiger partial charge in [-0.25, -0.2) is 4.98 Å². The summed E-state index contributed by atoms with van der Waals surface area (Å²) in [6, 6.07) is 10.3. The van der Waals surface area contributed by atoms with Crippen LogP contribution in [0.4, 0.5) is 0 Å². The predicted octanol–water partition coefficient (Wildman–Crippen LogP) is 5.43. The molecule has 4 rings (SSSR count). The Morgan fingerprint density at radius 2 is 1.97 bits per heavy atom. The molecule has 36 heavy (non-hydrogen) atoms. The van der Waals surface area contributed by atoms with Gasteiger partial charge >= 0.3 is 0 Å². The minimum Gasteiger partial charge on any atom is -0.390 e. The number of pyridine rings is 1. The van der Waals surface area contributed by atoms with E-state index in [4.69, 9.17) is 0 Å². The smallest absolute Gasteiger partial charge is 0.0969 e. The summed E-state index contributed by atoms with van der Waals surface area (Å²) in [6.45, 7) is 12.5. The summed E-state index contributed by atoms with van der Waals surface area (Å²) in [5.41, 5.74) is 7.60. The highest BCUT2D eigenvalue weighted by molar-refractivity contribution is 7.99. The summed E-state index contributed by atoms with van der Waals surface area (Å²) in [7, 11) is 4.02. The van der Waals surface area contributed by atoms with Crippen molar-refractivity contribution >= 4 is 29.6 Å². The van der Waals surface area contributed by atoms with E-state index in [0.717, 1.165) is 63.0 Å². The van der Waals surface area contributed by atoms with Crippen LogP contribution in [0.1, 0.15) is 42.1 Å². The SMILES string of the molecule is C=Cc1ccc(-c2cnn(C)c2CO)cc1/C=C(\C)NC(=C)c1ccnc(SC2CCN(C)CC2)c1. The number of rotatable bonds is 9. The average molecular weight is 502 g/mol. The molecule has 6 nitrogen and oxygen atoms in total. The molecule has 1 fully saturated rings. The highest BCUT2D eigenvalue weighted by Crippen LogP contribution is 2.30. The van der Waals surface area contributed by atoms with Crippen LogP contribution in [-0.4, -0.2) is 50.2 Å². The molecule has 0 aliphatic carbocycles. The van der Waals surface area contributed by atoms with Crippen molar-refractivity contribution in [1.29, 1.82) is 0 Å². The summed E-state index contributed by atoms with van der Waals surface area (Å²) in [6.07, 6.45) is 9.98. The second kappa shape index (κ2) is 11.7. The Labute approximate surface area is 218 Å². The fourth-order valence-corrected chi connectivity index (χ4v) is 5.56. The van der Waals surface area contributed by atoms with Gasteiger partial charge in [0.05, 0.1) is 23.5 Å². The van der Waals surface area contributed by atoms with E-state index in [-0.39, 0.29) is 6.61 Å². The molecular weight excluding hydrogens is 466 g/mol. The Hall–Kier alpha value is -3.13. The number of aromatic nitrogens is 3. The second-order valence-corrected chi connectivity index (χ2v) is 10.6. The zero-order valence-corrected chi connectivity index (χ0v) is 22.2. The molecule has 0 radical (unpaired) electrons. The molecule has 0 bridgehead atoms. The number of aryl methyl sites for hydroxylation is 1. The first kappa shape index (κ1) is 25.9. The van der Waals surface area contributed by atoms with Gasteiger partial charge in [0.2, 0.25) is 0 Å². The highest BCUT2D eigenvalue weighted by atomic mass is 32.2. The third-order valence-electron chi connectivity index (χ3n) is 6.59. The maximum absolute atomic E-state index is 9.78. The van der Waals surface area contributed by atoms with E-state index in [1.807, 2.05) is 56.2 Å². The number of thioether (sulfide) groups is 1. The van der Waals surface area contributed by atoms with Crippen molar-refractivity contribution in [3.63, 3.8) is 0 Å². The lowest BCUT2D eigenvalue weighted by Gasteiger charge is -2.28. The molecule has 1 aliphatic heterocycles. The van der Waals surface area contributed by atoms with E-state index in [1.54, 1.807) is 10.9 Å². The molecular formula is C29H35N5OS. The summed E-state index contributed by atoms with van der Waals surface area (Å²) in [4.78, 5) is 6.98. The molecule has 188 valence electrons. The number of piperidine rings is 1. The summed E-state index contributed by atoms with van der Waals surface area (Å²) in [5, 5.41) is 19.2. The lowest BCUT2D eigenvalue weighted by atomic mass is 9.98. The summed E-state index contributed by atoms with van der Waals surface area (Å²) < 4.78 is 1.71. The number of aliphatic hydroxyl groups is 1. The van der Waals surface area contributed by atoms with Crippen molar-refractivity contribution in [3.05, 3.63) is 84.0 Å². The second-order valence-electron chi connectivity index (χ2n) is 9.27. The van der Waals surface area contributed by atoms with E-state index < -0.39 is 0 Å². The normalized spacial score (nSPS) is 15.2. The van der Waals surface area contributed by atoms with Gasteiger partial charge in [-0.05, 0) is 80.9 Å². The van der Waals surface area contributed by atoms with Crippen LogP contribution in [0.3, 0.4) is 0 Å². The molecule has 7 heteroatoms. The number of nitrogens with one attached hydrogen (secondary N) is 1. The molecule has 1 aliphatic rings. The molecule has 0 amide bonds. The third kappa shape index (κ3) is 6.16. The van der Waals surface area contributed by atoms with Crippen molar-refractivity contribution < 1.29 is 5.11 Å². The molecule has 3 heterocycles. The number of likely N-dealkylation sites (tertiary alicyclic amines) is 1. The van der Waals surface area contributed by atoms with Gasteiger partial charge in [-0.2, -0.15) is 5.10 Å². The van der Waals surface area contributed by atoms with Crippen LogP contribution in [-0.2, 0) is 13.7 Å². The lowest BCUT2D eigenvalue weighted by molar-refractivity contribution is 0.271. The van der Waals surface area contributed by atoms with Crippen molar-refractivity contribution in [2.24, 2.45) is 7.05 Å². The van der Waals surface area contributed by atoms with Gasteiger partial charge < -0.3 is 15.3 Å². The molecule has 0 spiro atoms. The first-order valence-corrected chi connectivity index (χ1v) is 13.1. The maximum Gasteiger partial charge on any atom is 0.0969 e. The molecule has 3 aromatic rings. The number of benzene rings is 1. The minimum atomic E-state index is -0.0649. The monoisotopic (exact) mass is 501 g/mol. The van der Waals surface area contributed by atoms with Crippen LogP contribution >= 0.6 is 11.8 Å². The maximum atomic E-state index is 9.78. The van der Waals surface area contributed by atoms with Crippen LogP contribution in [0.25, 0.3) is 29.0 Å². The fraction of sp³-hybridized carbons (Fsp3) is 0.310. The van der Waals surface area contributed by atoms with E-state index in [9.17, 15) is 5.11 Å². The number of hydrogen-bond donors (Lipinski definition) is 2. The number of allylic oxidation sites excluding steroid dienone is 1. The van der Waals surface area contributed by atoms with Gasteiger partial charge in [-0.3, -0.25) is 4.68 Å². The van der Waals surface area contributed by atoms with Gasteiger partial charge in [0.1, 0.15) is 0 Å². The number of aliphatic hydroxyl groups excluding tert-OH is 1. The zero-order chi connectivity index (χ0) is 25.7. The van der Waals surface area contributed by atoms with E-state index >= 15 is 0 Å². The standard InChI is InChI=1S/C29H35N5OS/c1-6-22-7-8-24(27-18-31-34(5)28(27)19-35)16-25(22)15-20(2)32-21(3)23-9-12-30-29(17-23)36-26-10-13-33(4)14-11-26/h6-9,12,15-18,26,32,35H,1,3,10-11,13-14,19H2,2,4-5H3/b20-15+. The van der Waals surface area contributed by atoms with Gasteiger partial charge in [0.15, 0.2) is 0 Å². The molecule has 1 saturated heterocycles. The zero-order valence-electron chi connectivity index (χ0n) is 21.4. The summed E-state index contributed by atoms with van der Waals surface area (Å²) >= 11 is 1.87. The predicted molar refractivity (Wildman–Crippen MR) is 151 cm³/mol. The van der Waals surface area contributed by atoms with Crippen LogP contribution in [0.2, 0.25) is 0 Å². The minimum absolute atomic E-state index is 0.0649. The topological polar surface area (TPSA) is 66.2 Å². The Morgan fingerprint density at radius 3 is 2.69 bits per heavy atom. The van der Waals surface area contributed by atoms with E-state index in [0.29, 0.717) is 5.25 Å².